The van der Waals surface area contributed by atoms with Crippen LogP contribution in [0.2, 0.25) is 0 Å². The van der Waals surface area contributed by atoms with Crippen LogP contribution in [0.15, 0.2) is 149 Å². The molecule has 4 saturated carbocycles. The summed E-state index contributed by atoms with van der Waals surface area (Å²) in [5, 5.41) is 0. The van der Waals surface area contributed by atoms with E-state index in [2.05, 4.69) is 172 Å². The van der Waals surface area contributed by atoms with Crippen molar-refractivity contribution < 1.29 is 0 Å². The Balaban J connectivity index is 1.05. The van der Waals surface area contributed by atoms with Crippen LogP contribution in [-0.2, 0) is 16.2 Å². The van der Waals surface area contributed by atoms with E-state index >= 15 is 0 Å². The Kier molecular flexibility index (Phi) is 6.92. The van der Waals surface area contributed by atoms with Crippen molar-refractivity contribution in [2.45, 2.75) is 92.3 Å². The maximum Gasteiger partial charge on any atom is 0.0473 e. The van der Waals surface area contributed by atoms with Crippen LogP contribution in [0.25, 0.3) is 22.3 Å². The molecule has 6 atom stereocenters. The molecule has 56 heavy (non-hydrogen) atoms. The van der Waals surface area contributed by atoms with Crippen LogP contribution in [0.1, 0.15) is 88.5 Å². The predicted molar refractivity (Wildman–Crippen MR) is 233 cm³/mol. The van der Waals surface area contributed by atoms with Gasteiger partial charge in [-0.05, 0) is 159 Å². The van der Waals surface area contributed by atoms with Gasteiger partial charge in [0.1, 0.15) is 0 Å². The molecular weight excluding hydrogens is 695 g/mol. The SMILES string of the molecule is CC1(C)CCC(C)(C)c2cc(N(c3ccc(-c4ccccc4)cc3)c3ccc4c(c3)Sc3c(-c5ccccc5)cccc3C43C4CC5CC6CC3C64C5)ccc21. The molecule has 1 nitrogen and oxygen atoms in total. The molecular formula is C54H51NS. The lowest BCUT2D eigenvalue weighted by molar-refractivity contribution is -0.235. The molecule has 6 aromatic carbocycles. The van der Waals surface area contributed by atoms with E-state index < -0.39 is 0 Å². The smallest absolute Gasteiger partial charge is 0.0473 e. The van der Waals surface area contributed by atoms with Crippen molar-refractivity contribution >= 4 is 28.8 Å². The van der Waals surface area contributed by atoms with Crippen LogP contribution in [0.4, 0.5) is 17.1 Å². The van der Waals surface area contributed by atoms with Crippen LogP contribution in [0, 0.1) is 29.1 Å². The molecule has 4 fully saturated rings. The Bertz CT molecular complexity index is 2550. The quantitative estimate of drug-likeness (QED) is 0.173. The molecule has 0 radical (unpaired) electrons. The topological polar surface area (TPSA) is 3.24 Å². The van der Waals surface area contributed by atoms with Gasteiger partial charge in [-0.25, -0.2) is 0 Å². The van der Waals surface area contributed by atoms with E-state index in [-0.39, 0.29) is 16.2 Å². The van der Waals surface area contributed by atoms with Gasteiger partial charge in [0.25, 0.3) is 0 Å². The zero-order chi connectivity index (χ0) is 37.6. The summed E-state index contributed by atoms with van der Waals surface area (Å²) in [5.74, 6) is 3.42. The van der Waals surface area contributed by atoms with E-state index in [0.29, 0.717) is 5.41 Å². The van der Waals surface area contributed by atoms with Crippen LogP contribution in [0.3, 0.4) is 0 Å². The lowest BCUT2D eigenvalue weighted by Gasteiger charge is -2.78. The number of anilines is 3. The molecule has 5 aliphatic carbocycles. The lowest BCUT2D eigenvalue weighted by atomic mass is 9.26. The molecule has 2 spiro atoms. The first-order valence-corrected chi connectivity index (χ1v) is 22.1. The largest absolute Gasteiger partial charge is 0.310 e. The van der Waals surface area contributed by atoms with Gasteiger partial charge in [-0.3, -0.25) is 0 Å². The Morgan fingerprint density at radius 3 is 1.88 bits per heavy atom. The standard InChI is InChI=1S/C54H51NS/c1-51(2)26-27-52(3,4)46-31-40(22-24-43(46)51)55(39-20-18-36(19-21-39)35-12-7-5-8-13-35)41-23-25-44-47(32-41)56-50-42(37-14-9-6-10-15-37)16-11-17-45(50)54(44)48-29-34-28-38-30-49(54)53(38,48)33-34/h5-25,31-32,34,38,48-49H,26-30,33H2,1-4H3. The molecule has 6 aliphatic rings. The van der Waals surface area contributed by atoms with Gasteiger partial charge in [0.05, 0.1) is 0 Å². The zero-order valence-corrected chi connectivity index (χ0v) is 34.0. The minimum absolute atomic E-state index is 0.120. The summed E-state index contributed by atoms with van der Waals surface area (Å²) < 4.78 is 0. The minimum Gasteiger partial charge on any atom is -0.310 e. The number of hydrogen-bond donors (Lipinski definition) is 0. The molecule has 1 aliphatic heterocycles. The van der Waals surface area contributed by atoms with Crippen molar-refractivity contribution in [3.63, 3.8) is 0 Å². The second kappa shape index (κ2) is 11.5. The van der Waals surface area contributed by atoms with Gasteiger partial charge in [0, 0.05) is 32.3 Å². The zero-order valence-electron chi connectivity index (χ0n) is 33.2. The summed E-state index contributed by atoms with van der Waals surface area (Å²) in [7, 11) is 0. The van der Waals surface area contributed by atoms with E-state index in [1.54, 1.807) is 11.1 Å². The van der Waals surface area contributed by atoms with Crippen molar-refractivity contribution in [2.75, 3.05) is 4.90 Å². The van der Waals surface area contributed by atoms with Crippen molar-refractivity contribution in [1.29, 1.82) is 0 Å². The third kappa shape index (κ3) is 4.35. The molecule has 2 heteroatoms. The summed E-state index contributed by atoms with van der Waals surface area (Å²) in [5.41, 5.74) is 16.2. The highest BCUT2D eigenvalue weighted by Crippen LogP contribution is 2.89. The molecule has 0 amide bonds. The molecule has 6 unspecified atom stereocenters. The number of hydrogen-bond acceptors (Lipinski definition) is 2. The van der Waals surface area contributed by atoms with E-state index in [9.17, 15) is 0 Å². The first-order valence-electron chi connectivity index (χ1n) is 21.3. The highest BCUT2D eigenvalue weighted by molar-refractivity contribution is 7.99. The number of nitrogens with zero attached hydrogens (tertiary/aromatic N) is 1. The monoisotopic (exact) mass is 745 g/mol. The normalized spacial score (nSPS) is 29.0. The highest BCUT2D eigenvalue weighted by Gasteiger charge is 2.84. The van der Waals surface area contributed by atoms with Crippen LogP contribution < -0.4 is 4.90 Å². The molecule has 0 saturated heterocycles. The molecule has 0 aromatic heterocycles. The second-order valence-electron chi connectivity index (χ2n) is 19.6. The van der Waals surface area contributed by atoms with Crippen molar-refractivity contribution in [3.8, 4) is 22.3 Å². The summed E-state index contributed by atoms with van der Waals surface area (Å²) in [6, 6.07) is 53.6. The summed E-state index contributed by atoms with van der Waals surface area (Å²) in [4.78, 5) is 5.52. The van der Waals surface area contributed by atoms with Gasteiger partial charge in [0.2, 0.25) is 0 Å². The third-order valence-corrected chi connectivity index (χ3v) is 17.5. The average molecular weight is 746 g/mol. The maximum absolute atomic E-state index is 2.60. The Hall–Kier alpha value is -4.53. The van der Waals surface area contributed by atoms with E-state index in [4.69, 9.17) is 0 Å². The highest BCUT2D eigenvalue weighted by atomic mass is 32.2. The fourth-order valence-electron chi connectivity index (χ4n) is 13.7. The molecule has 278 valence electrons. The van der Waals surface area contributed by atoms with Gasteiger partial charge in [-0.15, -0.1) is 0 Å². The second-order valence-corrected chi connectivity index (χ2v) is 20.7. The van der Waals surface area contributed by atoms with Gasteiger partial charge in [0.15, 0.2) is 0 Å². The number of benzene rings is 6. The molecule has 12 rings (SSSR count). The van der Waals surface area contributed by atoms with Gasteiger partial charge in [-0.2, -0.15) is 0 Å². The van der Waals surface area contributed by atoms with Crippen LogP contribution in [-0.4, -0.2) is 0 Å². The average Bonchev–Trinajstić information content (AvgIpc) is 3.76. The molecule has 2 bridgehead atoms. The predicted octanol–water partition coefficient (Wildman–Crippen LogP) is 14.7. The van der Waals surface area contributed by atoms with Crippen molar-refractivity contribution in [1.82, 2.24) is 0 Å². The molecule has 6 aromatic rings. The third-order valence-electron chi connectivity index (χ3n) is 16.3. The summed E-state index contributed by atoms with van der Waals surface area (Å²) in [6.07, 6.45) is 8.23. The molecule has 0 N–H and O–H groups in total. The Labute approximate surface area is 337 Å². The van der Waals surface area contributed by atoms with Crippen LogP contribution in [0.5, 0.6) is 0 Å². The molecule has 1 heterocycles. The van der Waals surface area contributed by atoms with E-state index in [1.165, 1.54) is 98.8 Å². The minimum atomic E-state index is 0.120. The van der Waals surface area contributed by atoms with E-state index in [0.717, 1.165) is 23.7 Å². The van der Waals surface area contributed by atoms with Gasteiger partial charge in [-0.1, -0.05) is 143 Å². The van der Waals surface area contributed by atoms with Gasteiger partial charge < -0.3 is 4.90 Å². The Morgan fingerprint density at radius 2 is 1.14 bits per heavy atom. The van der Waals surface area contributed by atoms with Crippen LogP contribution >= 0.6 is 11.8 Å². The fraction of sp³-hybridized carbons (Fsp3) is 0.333. The number of rotatable bonds is 5. The Morgan fingerprint density at radius 1 is 0.518 bits per heavy atom. The van der Waals surface area contributed by atoms with Crippen molar-refractivity contribution in [3.05, 3.63) is 162 Å². The van der Waals surface area contributed by atoms with Gasteiger partial charge >= 0.3 is 0 Å². The van der Waals surface area contributed by atoms with Crippen molar-refractivity contribution in [2.24, 2.45) is 29.1 Å². The van der Waals surface area contributed by atoms with E-state index in [1.807, 2.05) is 11.8 Å². The fourth-order valence-corrected chi connectivity index (χ4v) is 15.1. The first kappa shape index (κ1) is 33.6. The summed E-state index contributed by atoms with van der Waals surface area (Å²) in [6.45, 7) is 9.77. The summed E-state index contributed by atoms with van der Waals surface area (Å²) >= 11 is 2.04. The first-order chi connectivity index (χ1) is 27.2. The maximum atomic E-state index is 2.60. The lowest BCUT2D eigenvalue weighted by Crippen LogP contribution is -2.74. The number of fused-ring (bicyclic) bond motifs is 8.